The molecule has 3 rings (SSSR count). The molecule has 0 amide bonds. The lowest BCUT2D eigenvalue weighted by Gasteiger charge is -2.30. The van der Waals surface area contributed by atoms with Gasteiger partial charge in [-0.15, -0.1) is 11.3 Å². The molecule has 1 unspecified atom stereocenters. The maximum atomic E-state index is 4.55. The van der Waals surface area contributed by atoms with Crippen molar-refractivity contribution in [3.63, 3.8) is 0 Å². The van der Waals surface area contributed by atoms with E-state index in [1.807, 2.05) is 0 Å². The van der Waals surface area contributed by atoms with E-state index >= 15 is 0 Å². The summed E-state index contributed by atoms with van der Waals surface area (Å²) in [4.78, 5) is 6.94. The van der Waals surface area contributed by atoms with E-state index in [-0.39, 0.29) is 0 Å². The van der Waals surface area contributed by atoms with Crippen molar-refractivity contribution in [3.05, 3.63) is 45.9 Å². The van der Waals surface area contributed by atoms with Gasteiger partial charge >= 0.3 is 0 Å². The first-order chi connectivity index (χ1) is 9.72. The maximum absolute atomic E-state index is 4.55. The zero-order chi connectivity index (χ0) is 13.9. The van der Waals surface area contributed by atoms with Gasteiger partial charge in [-0.05, 0) is 32.0 Å². The normalized spacial score (nSPS) is 17.9. The Morgan fingerprint density at radius 1 is 1.40 bits per heavy atom. The van der Waals surface area contributed by atoms with E-state index in [2.05, 4.69) is 58.8 Å². The second-order valence-electron chi connectivity index (χ2n) is 5.55. The molecular weight excluding hydrogens is 266 g/mol. The van der Waals surface area contributed by atoms with Crippen molar-refractivity contribution in [2.45, 2.75) is 25.8 Å². The number of anilines is 1. The molecular formula is C16H21N3S. The van der Waals surface area contributed by atoms with Gasteiger partial charge in [0.05, 0.1) is 10.7 Å². The van der Waals surface area contributed by atoms with Crippen LogP contribution in [0.1, 0.15) is 28.6 Å². The lowest BCUT2D eigenvalue weighted by Crippen LogP contribution is -2.28. The molecule has 20 heavy (non-hydrogen) atoms. The van der Waals surface area contributed by atoms with Crippen LogP contribution in [0, 0.1) is 6.92 Å². The fourth-order valence-electron chi connectivity index (χ4n) is 2.94. The molecule has 1 aliphatic rings. The monoisotopic (exact) mass is 287 g/mol. The minimum atomic E-state index is 0.622. The minimum Gasteiger partial charge on any atom is -0.385 e. The fourth-order valence-corrected chi connectivity index (χ4v) is 3.54. The van der Waals surface area contributed by atoms with Crippen LogP contribution in [-0.2, 0) is 6.54 Å². The zero-order valence-corrected chi connectivity index (χ0v) is 12.9. The molecule has 0 saturated carbocycles. The number of hydrogen-bond acceptors (Lipinski definition) is 4. The van der Waals surface area contributed by atoms with Crippen molar-refractivity contribution in [3.8, 4) is 0 Å². The molecule has 4 heteroatoms. The standard InChI is InChI=1S/C16H21N3S/c1-12-18-14(11-20-12)10-19(2)9-13-7-8-17-16-6-4-3-5-15(13)16/h3-6,11,13,17H,7-10H2,1-2H3. The van der Waals surface area contributed by atoms with Crippen LogP contribution in [0.25, 0.3) is 0 Å². The van der Waals surface area contributed by atoms with Crippen molar-refractivity contribution < 1.29 is 0 Å². The summed E-state index contributed by atoms with van der Waals surface area (Å²) in [5, 5.41) is 6.81. The molecule has 1 aliphatic heterocycles. The Kier molecular flexibility index (Phi) is 4.03. The first-order valence-corrected chi connectivity index (χ1v) is 8.02. The molecule has 1 aromatic carbocycles. The third-order valence-corrected chi connectivity index (χ3v) is 4.66. The van der Waals surface area contributed by atoms with Gasteiger partial charge in [-0.2, -0.15) is 0 Å². The van der Waals surface area contributed by atoms with E-state index in [9.17, 15) is 0 Å². The van der Waals surface area contributed by atoms with Gasteiger partial charge in [0.2, 0.25) is 0 Å². The Balaban J connectivity index is 1.66. The second-order valence-corrected chi connectivity index (χ2v) is 6.62. The number of nitrogens with one attached hydrogen (secondary N) is 1. The van der Waals surface area contributed by atoms with Crippen LogP contribution in [0.15, 0.2) is 29.6 Å². The number of rotatable bonds is 4. The fraction of sp³-hybridized carbons (Fsp3) is 0.438. The number of nitrogens with zero attached hydrogens (tertiary/aromatic N) is 2. The average Bonchev–Trinajstić information content (AvgIpc) is 2.84. The minimum absolute atomic E-state index is 0.622. The Labute approximate surface area is 124 Å². The molecule has 0 bridgehead atoms. The highest BCUT2D eigenvalue weighted by Gasteiger charge is 2.21. The van der Waals surface area contributed by atoms with Crippen molar-refractivity contribution in [1.82, 2.24) is 9.88 Å². The van der Waals surface area contributed by atoms with Gasteiger partial charge in [0, 0.05) is 36.6 Å². The van der Waals surface area contributed by atoms with Gasteiger partial charge in [0.1, 0.15) is 0 Å². The van der Waals surface area contributed by atoms with Crippen LogP contribution < -0.4 is 5.32 Å². The molecule has 1 aromatic heterocycles. The highest BCUT2D eigenvalue weighted by Crippen LogP contribution is 2.31. The van der Waals surface area contributed by atoms with Gasteiger partial charge in [-0.25, -0.2) is 4.98 Å². The quantitative estimate of drug-likeness (QED) is 0.933. The van der Waals surface area contributed by atoms with E-state index in [4.69, 9.17) is 0 Å². The van der Waals surface area contributed by atoms with Crippen LogP contribution in [0.3, 0.4) is 0 Å². The third-order valence-electron chi connectivity index (χ3n) is 3.84. The van der Waals surface area contributed by atoms with Gasteiger partial charge in [0.15, 0.2) is 0 Å². The molecule has 1 atom stereocenters. The molecule has 0 fully saturated rings. The number of benzene rings is 1. The smallest absolute Gasteiger partial charge is 0.0897 e. The van der Waals surface area contributed by atoms with Crippen LogP contribution >= 0.6 is 11.3 Å². The summed E-state index contributed by atoms with van der Waals surface area (Å²) >= 11 is 1.73. The highest BCUT2D eigenvalue weighted by atomic mass is 32.1. The molecule has 2 aromatic rings. The molecule has 0 spiro atoms. The summed E-state index contributed by atoms with van der Waals surface area (Å²) in [7, 11) is 2.19. The zero-order valence-electron chi connectivity index (χ0n) is 12.1. The summed E-state index contributed by atoms with van der Waals surface area (Å²) in [5.74, 6) is 0.622. The Morgan fingerprint density at radius 2 is 2.25 bits per heavy atom. The molecule has 3 nitrogen and oxygen atoms in total. The average molecular weight is 287 g/mol. The summed E-state index contributed by atoms with van der Waals surface area (Å²) in [5.41, 5.74) is 3.96. The Morgan fingerprint density at radius 3 is 3.05 bits per heavy atom. The molecule has 0 saturated heterocycles. The Hall–Kier alpha value is -1.39. The number of thiazole rings is 1. The van der Waals surface area contributed by atoms with Crippen LogP contribution in [0.5, 0.6) is 0 Å². The predicted molar refractivity (Wildman–Crippen MR) is 85.5 cm³/mol. The number of aryl methyl sites for hydroxylation is 1. The topological polar surface area (TPSA) is 28.2 Å². The van der Waals surface area contributed by atoms with Crippen molar-refractivity contribution in [1.29, 1.82) is 0 Å². The van der Waals surface area contributed by atoms with Gasteiger partial charge in [-0.1, -0.05) is 18.2 Å². The summed E-state index contributed by atoms with van der Waals surface area (Å²) in [6.45, 7) is 5.17. The summed E-state index contributed by atoms with van der Waals surface area (Å²) in [6.07, 6.45) is 1.21. The van der Waals surface area contributed by atoms with E-state index in [1.54, 1.807) is 11.3 Å². The van der Waals surface area contributed by atoms with Crippen LogP contribution in [-0.4, -0.2) is 30.0 Å². The van der Waals surface area contributed by atoms with Gasteiger partial charge in [-0.3, -0.25) is 4.90 Å². The van der Waals surface area contributed by atoms with Gasteiger partial charge < -0.3 is 5.32 Å². The van der Waals surface area contributed by atoms with Crippen molar-refractivity contribution in [2.24, 2.45) is 0 Å². The largest absolute Gasteiger partial charge is 0.385 e. The van der Waals surface area contributed by atoms with E-state index in [1.165, 1.54) is 23.4 Å². The third kappa shape index (κ3) is 3.02. The van der Waals surface area contributed by atoms with Gasteiger partial charge in [0.25, 0.3) is 0 Å². The summed E-state index contributed by atoms with van der Waals surface area (Å²) in [6, 6.07) is 8.69. The molecule has 0 radical (unpaired) electrons. The van der Waals surface area contributed by atoms with E-state index in [0.29, 0.717) is 5.92 Å². The SMILES string of the molecule is Cc1nc(CN(C)CC2CCNc3ccccc32)cs1. The van der Waals surface area contributed by atoms with E-state index < -0.39 is 0 Å². The van der Waals surface area contributed by atoms with Crippen molar-refractivity contribution >= 4 is 17.0 Å². The first kappa shape index (κ1) is 13.6. The predicted octanol–water partition coefficient (Wildman–Crippen LogP) is 3.48. The number of para-hydroxylation sites is 1. The lowest BCUT2D eigenvalue weighted by molar-refractivity contribution is 0.294. The lowest BCUT2D eigenvalue weighted by atomic mass is 9.90. The molecule has 2 heterocycles. The highest BCUT2D eigenvalue weighted by molar-refractivity contribution is 7.09. The molecule has 1 N–H and O–H groups in total. The van der Waals surface area contributed by atoms with Crippen LogP contribution in [0.4, 0.5) is 5.69 Å². The number of fused-ring (bicyclic) bond motifs is 1. The van der Waals surface area contributed by atoms with Crippen molar-refractivity contribution in [2.75, 3.05) is 25.5 Å². The number of aromatic nitrogens is 1. The second kappa shape index (κ2) is 5.94. The van der Waals surface area contributed by atoms with Crippen LogP contribution in [0.2, 0.25) is 0 Å². The molecule has 0 aliphatic carbocycles. The number of hydrogen-bond donors (Lipinski definition) is 1. The summed E-state index contributed by atoms with van der Waals surface area (Å²) < 4.78 is 0. The van der Waals surface area contributed by atoms with E-state index in [0.717, 1.165) is 24.6 Å². The first-order valence-electron chi connectivity index (χ1n) is 7.15. The molecule has 106 valence electrons. The number of likely N-dealkylation sites (N-methyl/N-ethyl adjacent to an activating group) is 1. The Bertz CT molecular complexity index is 579. The maximum Gasteiger partial charge on any atom is 0.0897 e.